The number of aryl methyl sites for hydroxylation is 1. The largest absolute Gasteiger partial charge is 0.352 e. The molecule has 1 aliphatic heterocycles. The second-order valence-corrected chi connectivity index (χ2v) is 9.25. The number of imidazole rings is 1. The molecule has 1 aliphatic rings. The summed E-state index contributed by atoms with van der Waals surface area (Å²) >= 11 is 3.49. The number of likely N-dealkylation sites (tertiary alicyclic amines) is 1. The van der Waals surface area contributed by atoms with Gasteiger partial charge in [0.25, 0.3) is 0 Å². The number of benzene rings is 2. The fraction of sp³-hybridized carbons (Fsp3) is 0.360. The van der Waals surface area contributed by atoms with E-state index in [0.717, 1.165) is 54.9 Å². The van der Waals surface area contributed by atoms with Crippen LogP contribution in [0, 0.1) is 12.8 Å². The number of halogens is 1. The Balaban J connectivity index is 1.26. The number of carbonyl (C=O) groups excluding carboxylic acids is 1. The first kappa shape index (κ1) is 21.8. The lowest BCUT2D eigenvalue weighted by Crippen LogP contribution is -2.42. The molecule has 1 fully saturated rings. The van der Waals surface area contributed by atoms with Gasteiger partial charge in [0.15, 0.2) is 0 Å². The van der Waals surface area contributed by atoms with Gasteiger partial charge in [-0.1, -0.05) is 52.3 Å². The van der Waals surface area contributed by atoms with Crippen molar-refractivity contribution in [2.24, 2.45) is 5.92 Å². The fourth-order valence-corrected chi connectivity index (χ4v) is 4.39. The van der Waals surface area contributed by atoms with Gasteiger partial charge in [0.2, 0.25) is 5.91 Å². The van der Waals surface area contributed by atoms with Crippen LogP contribution in [0.15, 0.2) is 65.4 Å². The molecule has 6 heteroatoms. The van der Waals surface area contributed by atoms with E-state index in [9.17, 15) is 4.79 Å². The van der Waals surface area contributed by atoms with Crippen molar-refractivity contribution in [3.8, 4) is 0 Å². The van der Waals surface area contributed by atoms with Crippen molar-refractivity contribution >= 4 is 21.8 Å². The predicted molar refractivity (Wildman–Crippen MR) is 126 cm³/mol. The van der Waals surface area contributed by atoms with Crippen LogP contribution >= 0.6 is 15.9 Å². The normalized spacial score (nSPS) is 16.9. The maximum atomic E-state index is 12.8. The van der Waals surface area contributed by atoms with Crippen LogP contribution < -0.4 is 5.32 Å². The molecule has 5 nitrogen and oxygen atoms in total. The molecule has 3 aromatic rings. The topological polar surface area (TPSA) is 50.2 Å². The number of amides is 1. The monoisotopic (exact) mass is 480 g/mol. The lowest BCUT2D eigenvalue weighted by Gasteiger charge is -2.32. The summed E-state index contributed by atoms with van der Waals surface area (Å²) in [5, 5.41) is 3.15. The first-order valence-corrected chi connectivity index (χ1v) is 11.7. The van der Waals surface area contributed by atoms with E-state index in [1.165, 1.54) is 11.1 Å². The van der Waals surface area contributed by atoms with Crippen molar-refractivity contribution in [1.82, 2.24) is 19.8 Å². The number of carbonyl (C=O) groups is 1. The molecule has 0 radical (unpaired) electrons. The summed E-state index contributed by atoms with van der Waals surface area (Å²) in [4.78, 5) is 19.4. The molecule has 4 rings (SSSR count). The molecule has 1 N–H and O–H groups in total. The molecular formula is C25H29BrN4O. The molecular weight excluding hydrogens is 452 g/mol. The summed E-state index contributed by atoms with van der Waals surface area (Å²) in [6.45, 7) is 6.17. The fourth-order valence-electron chi connectivity index (χ4n) is 4.12. The van der Waals surface area contributed by atoms with Gasteiger partial charge in [0.1, 0.15) is 5.82 Å². The molecule has 0 spiro atoms. The van der Waals surface area contributed by atoms with Crippen LogP contribution in [-0.4, -0.2) is 33.4 Å². The second-order valence-electron chi connectivity index (χ2n) is 8.34. The summed E-state index contributed by atoms with van der Waals surface area (Å²) < 4.78 is 3.22. The summed E-state index contributed by atoms with van der Waals surface area (Å²) in [5.74, 6) is 1.24. The van der Waals surface area contributed by atoms with E-state index in [2.05, 4.69) is 84.2 Å². The summed E-state index contributed by atoms with van der Waals surface area (Å²) in [6, 6.07) is 16.9. The van der Waals surface area contributed by atoms with E-state index in [1.54, 1.807) is 0 Å². The number of hydrogen-bond acceptors (Lipinski definition) is 3. The molecule has 1 aromatic heterocycles. The van der Waals surface area contributed by atoms with Crippen molar-refractivity contribution in [1.29, 1.82) is 0 Å². The minimum absolute atomic E-state index is 0.0627. The molecule has 2 aromatic carbocycles. The maximum Gasteiger partial charge on any atom is 0.224 e. The quantitative estimate of drug-likeness (QED) is 0.540. The van der Waals surface area contributed by atoms with E-state index >= 15 is 0 Å². The van der Waals surface area contributed by atoms with Crippen LogP contribution in [0.5, 0.6) is 0 Å². The lowest BCUT2D eigenvalue weighted by atomic mass is 9.96. The zero-order valence-electron chi connectivity index (χ0n) is 17.9. The Bertz CT molecular complexity index is 997. The third-order valence-electron chi connectivity index (χ3n) is 5.96. The van der Waals surface area contributed by atoms with E-state index < -0.39 is 0 Å². The van der Waals surface area contributed by atoms with Gasteiger partial charge < -0.3 is 9.88 Å². The van der Waals surface area contributed by atoms with Gasteiger partial charge in [-0.3, -0.25) is 9.69 Å². The Morgan fingerprint density at radius 1 is 1.06 bits per heavy atom. The highest BCUT2D eigenvalue weighted by atomic mass is 79.9. The van der Waals surface area contributed by atoms with Gasteiger partial charge in [0.05, 0.1) is 5.92 Å². The zero-order chi connectivity index (χ0) is 21.6. The van der Waals surface area contributed by atoms with Gasteiger partial charge in [-0.25, -0.2) is 4.98 Å². The minimum atomic E-state index is 0.0627. The van der Waals surface area contributed by atoms with Gasteiger partial charge in [0, 0.05) is 43.0 Å². The summed E-state index contributed by atoms with van der Waals surface area (Å²) in [5.41, 5.74) is 3.64. The van der Waals surface area contributed by atoms with E-state index in [0.29, 0.717) is 6.54 Å². The molecule has 1 atom stereocenters. The molecule has 1 saturated heterocycles. The van der Waals surface area contributed by atoms with Crippen LogP contribution in [0.1, 0.15) is 35.4 Å². The van der Waals surface area contributed by atoms with Crippen molar-refractivity contribution in [3.05, 3.63) is 87.9 Å². The molecule has 2 heterocycles. The summed E-state index contributed by atoms with van der Waals surface area (Å²) in [7, 11) is 0. The average Bonchev–Trinajstić information content (AvgIpc) is 3.19. The molecule has 31 heavy (non-hydrogen) atoms. The van der Waals surface area contributed by atoms with Crippen molar-refractivity contribution in [2.45, 2.75) is 39.4 Å². The van der Waals surface area contributed by atoms with Crippen molar-refractivity contribution < 1.29 is 4.79 Å². The van der Waals surface area contributed by atoms with Crippen molar-refractivity contribution in [2.75, 3.05) is 13.1 Å². The molecule has 1 unspecified atom stereocenters. The lowest BCUT2D eigenvalue weighted by molar-refractivity contribution is -0.126. The first-order chi connectivity index (χ1) is 15.1. The van der Waals surface area contributed by atoms with E-state index in [4.69, 9.17) is 0 Å². The van der Waals surface area contributed by atoms with Crippen LogP contribution in [0.4, 0.5) is 0 Å². The molecule has 0 aliphatic carbocycles. The van der Waals surface area contributed by atoms with Crippen LogP contribution in [0.25, 0.3) is 0 Å². The Morgan fingerprint density at radius 2 is 1.74 bits per heavy atom. The number of nitrogens with one attached hydrogen (secondary N) is 1. The highest BCUT2D eigenvalue weighted by Gasteiger charge is 2.25. The number of aromatic nitrogens is 2. The molecule has 0 saturated carbocycles. The third kappa shape index (κ3) is 6.05. The van der Waals surface area contributed by atoms with Gasteiger partial charge in [-0.05, 0) is 55.1 Å². The minimum Gasteiger partial charge on any atom is -0.352 e. The molecule has 1 amide bonds. The van der Waals surface area contributed by atoms with Crippen LogP contribution in [0.2, 0.25) is 0 Å². The highest BCUT2D eigenvalue weighted by molar-refractivity contribution is 9.10. The maximum absolute atomic E-state index is 12.8. The van der Waals surface area contributed by atoms with Crippen LogP contribution in [-0.2, 0) is 24.4 Å². The number of nitrogens with zero attached hydrogens (tertiary/aromatic N) is 3. The van der Waals surface area contributed by atoms with Gasteiger partial charge in [-0.15, -0.1) is 0 Å². The van der Waals surface area contributed by atoms with E-state index in [1.807, 2.05) is 19.3 Å². The Kier molecular flexibility index (Phi) is 7.20. The van der Waals surface area contributed by atoms with Gasteiger partial charge in [-0.2, -0.15) is 0 Å². The van der Waals surface area contributed by atoms with Gasteiger partial charge >= 0.3 is 0 Å². The second kappa shape index (κ2) is 10.2. The third-order valence-corrected chi connectivity index (χ3v) is 6.49. The first-order valence-electron chi connectivity index (χ1n) is 10.9. The average molecular weight is 481 g/mol. The van der Waals surface area contributed by atoms with E-state index in [-0.39, 0.29) is 11.8 Å². The zero-order valence-corrected chi connectivity index (χ0v) is 19.5. The summed E-state index contributed by atoms with van der Waals surface area (Å²) in [6.07, 6.45) is 5.85. The highest BCUT2D eigenvalue weighted by Crippen LogP contribution is 2.20. The Hall–Kier alpha value is -2.44. The smallest absolute Gasteiger partial charge is 0.224 e. The predicted octanol–water partition coefficient (Wildman–Crippen LogP) is 4.53. The SMILES string of the molecule is Cc1nccn1Cc1ccc(CNC(=O)C2CCCN(Cc3ccc(Br)cc3)C2)cc1. The van der Waals surface area contributed by atoms with Crippen molar-refractivity contribution in [3.63, 3.8) is 0 Å². The Morgan fingerprint density at radius 3 is 2.45 bits per heavy atom. The number of piperidine rings is 1. The van der Waals surface area contributed by atoms with Crippen LogP contribution in [0.3, 0.4) is 0 Å². The molecule has 0 bridgehead atoms. The standard InChI is InChI=1S/C25H29BrN4O/c1-19-27-12-14-30(19)17-22-6-4-20(5-7-22)15-28-25(31)23-3-2-13-29(18-23)16-21-8-10-24(26)11-9-21/h4-12,14,23H,2-3,13,15-18H2,1H3,(H,28,31). The molecule has 162 valence electrons. The number of hydrogen-bond donors (Lipinski definition) is 1. The number of rotatable bonds is 7. The Labute approximate surface area is 192 Å².